The maximum absolute atomic E-state index is 12.6. The van der Waals surface area contributed by atoms with Gasteiger partial charge in [-0.05, 0) is 57.2 Å². The standard InChI is InChI=1S/C20H24N2O6S/c1-20(2,3)28-19(24)22(16-8-6-5-7-9-16)14-18(23)27-17-12-10-15(11-13-17)21-29(4,25)26/h5-13,21H,14H2,1-4H3. The number of para-hydroxylation sites is 1. The van der Waals surface area contributed by atoms with E-state index in [0.717, 1.165) is 6.26 Å². The highest BCUT2D eigenvalue weighted by atomic mass is 32.2. The molecule has 2 rings (SSSR count). The zero-order valence-corrected chi connectivity index (χ0v) is 17.5. The fourth-order valence-corrected chi connectivity index (χ4v) is 2.85. The summed E-state index contributed by atoms with van der Waals surface area (Å²) < 4.78 is 35.4. The number of amides is 1. The monoisotopic (exact) mass is 420 g/mol. The van der Waals surface area contributed by atoms with Crippen LogP contribution in [-0.2, 0) is 19.6 Å². The van der Waals surface area contributed by atoms with Crippen molar-refractivity contribution in [2.45, 2.75) is 26.4 Å². The lowest BCUT2D eigenvalue weighted by molar-refractivity contribution is -0.132. The van der Waals surface area contributed by atoms with E-state index < -0.39 is 27.7 Å². The number of rotatable bonds is 6. The van der Waals surface area contributed by atoms with Crippen molar-refractivity contribution in [2.24, 2.45) is 0 Å². The highest BCUT2D eigenvalue weighted by Gasteiger charge is 2.26. The Morgan fingerprint density at radius 2 is 1.59 bits per heavy atom. The summed E-state index contributed by atoms with van der Waals surface area (Å²) in [6.45, 7) is 4.84. The van der Waals surface area contributed by atoms with Gasteiger partial charge in [-0.1, -0.05) is 18.2 Å². The average Bonchev–Trinajstić information content (AvgIpc) is 2.59. The number of nitrogens with zero attached hydrogens (tertiary/aromatic N) is 1. The first-order chi connectivity index (χ1) is 13.4. The summed E-state index contributed by atoms with van der Waals surface area (Å²) in [5.41, 5.74) is 0.106. The van der Waals surface area contributed by atoms with E-state index >= 15 is 0 Å². The smallest absolute Gasteiger partial charge is 0.415 e. The summed E-state index contributed by atoms with van der Waals surface area (Å²) in [7, 11) is -3.40. The molecule has 1 amide bonds. The topological polar surface area (TPSA) is 102 Å². The Kier molecular flexibility index (Phi) is 6.86. The van der Waals surface area contributed by atoms with Crippen LogP contribution in [0.5, 0.6) is 5.75 Å². The fraction of sp³-hybridized carbons (Fsp3) is 0.300. The molecule has 2 aromatic rings. The van der Waals surface area contributed by atoms with Crippen LogP contribution in [0.3, 0.4) is 0 Å². The van der Waals surface area contributed by atoms with Gasteiger partial charge in [-0.2, -0.15) is 0 Å². The summed E-state index contributed by atoms with van der Waals surface area (Å²) in [6, 6.07) is 14.5. The number of esters is 1. The van der Waals surface area contributed by atoms with Crippen LogP contribution in [0.1, 0.15) is 20.8 Å². The SMILES string of the molecule is CC(C)(C)OC(=O)N(CC(=O)Oc1ccc(NS(C)(=O)=O)cc1)c1ccccc1. The van der Waals surface area contributed by atoms with Gasteiger partial charge < -0.3 is 9.47 Å². The number of ether oxygens (including phenoxy) is 2. The molecule has 0 aromatic heterocycles. The van der Waals surface area contributed by atoms with Gasteiger partial charge in [-0.25, -0.2) is 18.0 Å². The van der Waals surface area contributed by atoms with Crippen molar-refractivity contribution in [1.82, 2.24) is 0 Å². The molecule has 0 bridgehead atoms. The van der Waals surface area contributed by atoms with Crippen LogP contribution in [0.2, 0.25) is 0 Å². The molecule has 9 heteroatoms. The number of carbonyl (C=O) groups excluding carboxylic acids is 2. The summed E-state index contributed by atoms with van der Waals surface area (Å²) in [6.07, 6.45) is 0.365. The number of hydrogen-bond donors (Lipinski definition) is 1. The van der Waals surface area contributed by atoms with E-state index in [1.54, 1.807) is 51.1 Å². The molecule has 0 aliphatic rings. The minimum Gasteiger partial charge on any atom is -0.443 e. The number of sulfonamides is 1. The summed E-state index contributed by atoms with van der Waals surface area (Å²) in [4.78, 5) is 26.1. The second kappa shape index (κ2) is 8.95. The van der Waals surface area contributed by atoms with Crippen LogP contribution in [0.25, 0.3) is 0 Å². The average molecular weight is 420 g/mol. The van der Waals surface area contributed by atoms with Gasteiger partial charge in [0.2, 0.25) is 10.0 Å². The van der Waals surface area contributed by atoms with E-state index in [2.05, 4.69) is 4.72 Å². The van der Waals surface area contributed by atoms with Crippen LogP contribution in [0.4, 0.5) is 16.2 Å². The molecule has 1 N–H and O–H groups in total. The molecule has 0 radical (unpaired) electrons. The maximum Gasteiger partial charge on any atom is 0.415 e. The van der Waals surface area contributed by atoms with Crippen LogP contribution < -0.4 is 14.4 Å². The number of benzene rings is 2. The minimum atomic E-state index is -3.40. The molecule has 0 saturated heterocycles. The Hall–Kier alpha value is -3.07. The van der Waals surface area contributed by atoms with Crippen molar-refractivity contribution in [2.75, 3.05) is 22.4 Å². The Labute approximate surface area is 170 Å². The fourth-order valence-electron chi connectivity index (χ4n) is 2.28. The molecule has 0 aliphatic heterocycles. The molecule has 0 aliphatic carbocycles. The third kappa shape index (κ3) is 7.82. The Morgan fingerprint density at radius 3 is 2.10 bits per heavy atom. The van der Waals surface area contributed by atoms with Crippen LogP contribution >= 0.6 is 0 Å². The van der Waals surface area contributed by atoms with Crippen molar-refractivity contribution >= 4 is 33.5 Å². The molecule has 0 unspecified atom stereocenters. The molecule has 0 heterocycles. The zero-order chi connectivity index (χ0) is 21.7. The van der Waals surface area contributed by atoms with E-state index in [0.29, 0.717) is 11.4 Å². The second-order valence-electron chi connectivity index (χ2n) is 7.27. The summed E-state index contributed by atoms with van der Waals surface area (Å²) in [5.74, 6) is -0.463. The Morgan fingerprint density at radius 1 is 1.00 bits per heavy atom. The van der Waals surface area contributed by atoms with Crippen molar-refractivity contribution in [3.63, 3.8) is 0 Å². The quantitative estimate of drug-likeness (QED) is 0.568. The van der Waals surface area contributed by atoms with E-state index in [9.17, 15) is 18.0 Å². The largest absolute Gasteiger partial charge is 0.443 e. The second-order valence-corrected chi connectivity index (χ2v) is 9.02. The summed E-state index contributed by atoms with van der Waals surface area (Å²) in [5, 5.41) is 0. The van der Waals surface area contributed by atoms with E-state index in [-0.39, 0.29) is 12.3 Å². The van der Waals surface area contributed by atoms with Crippen molar-refractivity contribution in [3.8, 4) is 5.75 Å². The maximum atomic E-state index is 12.6. The van der Waals surface area contributed by atoms with Gasteiger partial charge in [0, 0.05) is 11.4 Å². The summed E-state index contributed by atoms with van der Waals surface area (Å²) >= 11 is 0. The van der Waals surface area contributed by atoms with Crippen molar-refractivity contribution in [3.05, 3.63) is 54.6 Å². The third-order valence-corrected chi connectivity index (χ3v) is 3.96. The molecule has 0 saturated carbocycles. The van der Waals surface area contributed by atoms with E-state index in [1.165, 1.54) is 29.2 Å². The number of carbonyl (C=O) groups is 2. The lowest BCUT2D eigenvalue weighted by atomic mass is 10.2. The highest BCUT2D eigenvalue weighted by Crippen LogP contribution is 2.20. The molecule has 0 atom stereocenters. The van der Waals surface area contributed by atoms with Crippen LogP contribution in [0, 0.1) is 0 Å². The van der Waals surface area contributed by atoms with Crippen molar-refractivity contribution < 1.29 is 27.5 Å². The molecule has 29 heavy (non-hydrogen) atoms. The lowest BCUT2D eigenvalue weighted by Gasteiger charge is -2.26. The molecule has 2 aromatic carbocycles. The molecule has 0 fully saturated rings. The number of anilines is 2. The molecular formula is C20H24N2O6S. The number of nitrogens with one attached hydrogen (secondary N) is 1. The zero-order valence-electron chi connectivity index (χ0n) is 16.7. The van der Waals surface area contributed by atoms with Gasteiger partial charge in [-0.3, -0.25) is 9.62 Å². The van der Waals surface area contributed by atoms with Crippen LogP contribution in [0.15, 0.2) is 54.6 Å². The van der Waals surface area contributed by atoms with E-state index in [4.69, 9.17) is 9.47 Å². The normalized spacial score (nSPS) is 11.4. The van der Waals surface area contributed by atoms with E-state index in [1.807, 2.05) is 0 Å². The molecule has 0 spiro atoms. The lowest BCUT2D eigenvalue weighted by Crippen LogP contribution is -2.41. The molecule has 156 valence electrons. The molecular weight excluding hydrogens is 396 g/mol. The number of hydrogen-bond acceptors (Lipinski definition) is 6. The Balaban J connectivity index is 2.10. The predicted molar refractivity (Wildman–Crippen MR) is 111 cm³/mol. The first-order valence-corrected chi connectivity index (χ1v) is 10.7. The van der Waals surface area contributed by atoms with Gasteiger partial charge in [0.15, 0.2) is 0 Å². The predicted octanol–water partition coefficient (Wildman–Crippen LogP) is 3.41. The van der Waals surface area contributed by atoms with Gasteiger partial charge >= 0.3 is 12.1 Å². The van der Waals surface area contributed by atoms with Crippen molar-refractivity contribution in [1.29, 1.82) is 0 Å². The van der Waals surface area contributed by atoms with Gasteiger partial charge in [0.1, 0.15) is 17.9 Å². The first-order valence-electron chi connectivity index (χ1n) is 8.77. The Bertz CT molecular complexity index is 951. The van der Waals surface area contributed by atoms with Crippen LogP contribution in [-0.4, -0.2) is 38.9 Å². The van der Waals surface area contributed by atoms with Gasteiger partial charge in [-0.15, -0.1) is 0 Å². The van der Waals surface area contributed by atoms with Gasteiger partial charge in [0.25, 0.3) is 0 Å². The third-order valence-electron chi connectivity index (χ3n) is 3.36. The first kappa shape index (κ1) is 22.2. The molecule has 8 nitrogen and oxygen atoms in total. The van der Waals surface area contributed by atoms with Gasteiger partial charge in [0.05, 0.1) is 6.26 Å². The highest BCUT2D eigenvalue weighted by molar-refractivity contribution is 7.92. The minimum absolute atomic E-state index is 0.214.